The van der Waals surface area contributed by atoms with Crippen molar-refractivity contribution in [1.29, 1.82) is 0 Å². The third-order valence-corrected chi connectivity index (χ3v) is 2.22. The first-order valence-corrected chi connectivity index (χ1v) is 3.93. The molecule has 0 saturated carbocycles. The first-order valence-electron chi connectivity index (χ1n) is 3.93. The Morgan fingerprint density at radius 1 is 1.62 bits per heavy atom. The maximum Gasteiger partial charge on any atom is 0.235 e. The van der Waals surface area contributed by atoms with Gasteiger partial charge in [0.2, 0.25) is 13.7 Å². The smallest absolute Gasteiger partial charge is 0.235 e. The molecule has 1 atom stereocenters. The molecule has 1 aromatic rings. The summed E-state index contributed by atoms with van der Waals surface area (Å²) in [6.07, 6.45) is 0. The van der Waals surface area contributed by atoms with Gasteiger partial charge in [-0.1, -0.05) is 12.1 Å². The number of hydrogen-bond acceptors (Lipinski definition) is 3. The van der Waals surface area contributed by atoms with Crippen LogP contribution in [0.25, 0.3) is 0 Å². The largest absolute Gasteiger partial charge is 0.508 e. The van der Waals surface area contributed by atoms with Crippen LogP contribution in [-0.4, -0.2) is 25.4 Å². The van der Waals surface area contributed by atoms with Gasteiger partial charge < -0.3 is 9.84 Å². The van der Waals surface area contributed by atoms with E-state index >= 15 is 0 Å². The van der Waals surface area contributed by atoms with E-state index in [1.165, 1.54) is 0 Å². The van der Waals surface area contributed by atoms with Crippen LogP contribution in [-0.2, 0) is 4.74 Å². The van der Waals surface area contributed by atoms with Gasteiger partial charge in [-0.15, -0.1) is 0 Å². The van der Waals surface area contributed by atoms with Gasteiger partial charge in [0.1, 0.15) is 12.4 Å². The highest BCUT2D eigenvalue weighted by Crippen LogP contribution is 2.41. The number of hydrogen-bond donors (Lipinski definition) is 1. The summed E-state index contributed by atoms with van der Waals surface area (Å²) in [7, 11) is 4.83. The highest BCUT2D eigenvalue weighted by atomic mass is 16.5. The summed E-state index contributed by atoms with van der Waals surface area (Å²) in [5.74, 6) is -0.528. The number of rotatable bonds is 2. The van der Waals surface area contributed by atoms with E-state index in [0.717, 1.165) is 11.1 Å². The summed E-state index contributed by atoms with van der Waals surface area (Å²) in [6, 6.07) is 5.30. The lowest BCUT2D eigenvalue weighted by atomic mass is 9.80. The standard InChI is InChI=1S/C9H7BO3/c10-9(12)13-4-7-5-1-2-8(11)6(7)3-5/h1-3,7,11H,4H2/t7-/m1/s1. The molecule has 0 amide bonds. The molecule has 1 aromatic carbocycles. The first kappa shape index (κ1) is 8.17. The van der Waals surface area contributed by atoms with Gasteiger partial charge in [-0.05, 0) is 11.6 Å². The molecule has 0 saturated heterocycles. The number of phenolic OH excluding ortho intramolecular Hbond substituents is 1. The van der Waals surface area contributed by atoms with Gasteiger partial charge >= 0.3 is 0 Å². The summed E-state index contributed by atoms with van der Waals surface area (Å²) in [6.45, 7) is 0.213. The Balaban J connectivity index is 2.06. The van der Waals surface area contributed by atoms with E-state index in [1.807, 2.05) is 6.07 Å². The normalized spacial score (nSPS) is 17.7. The number of fused-ring (bicyclic) bond motifs is 2. The Morgan fingerprint density at radius 2 is 2.38 bits per heavy atom. The van der Waals surface area contributed by atoms with E-state index in [9.17, 15) is 9.90 Å². The van der Waals surface area contributed by atoms with Crippen LogP contribution in [0.4, 0.5) is 4.79 Å². The second-order valence-electron chi connectivity index (χ2n) is 3.00. The predicted molar refractivity (Wildman–Crippen MR) is 47.1 cm³/mol. The van der Waals surface area contributed by atoms with Crippen LogP contribution in [0.2, 0.25) is 0 Å². The van der Waals surface area contributed by atoms with Crippen LogP contribution in [0.5, 0.6) is 5.75 Å². The fraction of sp³-hybridized carbons (Fsp3) is 0.222. The van der Waals surface area contributed by atoms with Gasteiger partial charge in [0.25, 0.3) is 0 Å². The topological polar surface area (TPSA) is 46.5 Å². The van der Waals surface area contributed by atoms with Crippen molar-refractivity contribution in [2.75, 3.05) is 6.61 Å². The Hall–Kier alpha value is -1.45. The zero-order chi connectivity index (χ0) is 9.42. The van der Waals surface area contributed by atoms with Crippen molar-refractivity contribution in [3.05, 3.63) is 29.3 Å². The number of carbonyl (C=O) groups is 1. The van der Waals surface area contributed by atoms with Gasteiger partial charge in [0.15, 0.2) is 0 Å². The Bertz CT molecular complexity index is 358. The molecule has 3 nitrogen and oxygen atoms in total. The zero-order valence-electron chi connectivity index (χ0n) is 6.86. The monoisotopic (exact) mass is 174 g/mol. The van der Waals surface area contributed by atoms with Crippen LogP contribution in [0.1, 0.15) is 17.0 Å². The molecule has 64 valence electrons. The molecule has 2 radical (unpaired) electrons. The fourth-order valence-corrected chi connectivity index (χ4v) is 1.50. The predicted octanol–water partition coefficient (Wildman–Crippen LogP) is 1.14. The average Bonchev–Trinajstić information content (AvgIpc) is 2.02. The summed E-state index contributed by atoms with van der Waals surface area (Å²) in [5, 5.41) is 9.33. The number of phenols is 1. The molecule has 0 heterocycles. The number of carbonyl (C=O) groups excluding carboxylic acids is 1. The van der Waals surface area contributed by atoms with E-state index in [1.54, 1.807) is 12.1 Å². The SMILES string of the molecule is [B]C(=O)OC[C@@H]1c2ccc(O)c1c2. The van der Waals surface area contributed by atoms with E-state index in [4.69, 9.17) is 7.85 Å². The maximum absolute atomic E-state index is 10.3. The molecule has 0 fully saturated rings. The van der Waals surface area contributed by atoms with Gasteiger partial charge in [-0.3, -0.25) is 4.79 Å². The van der Waals surface area contributed by atoms with Crippen molar-refractivity contribution < 1.29 is 14.6 Å². The molecule has 0 spiro atoms. The summed E-state index contributed by atoms with van der Waals surface area (Å²) < 4.78 is 4.65. The van der Waals surface area contributed by atoms with Crippen molar-refractivity contribution >= 4 is 13.7 Å². The van der Waals surface area contributed by atoms with E-state index in [-0.39, 0.29) is 18.3 Å². The van der Waals surface area contributed by atoms with Crippen molar-refractivity contribution in [2.45, 2.75) is 5.92 Å². The van der Waals surface area contributed by atoms with E-state index < -0.39 is 5.87 Å². The highest BCUT2D eigenvalue weighted by molar-refractivity contribution is 6.55. The third kappa shape index (κ3) is 1.28. The molecule has 0 unspecified atom stereocenters. The lowest BCUT2D eigenvalue weighted by Crippen LogP contribution is -2.19. The minimum absolute atomic E-state index is 0.0116. The average molecular weight is 174 g/mol. The van der Waals surface area contributed by atoms with E-state index in [2.05, 4.69) is 4.74 Å². The lowest BCUT2D eigenvalue weighted by molar-refractivity contribution is 0.167. The molecular weight excluding hydrogens is 167 g/mol. The molecular formula is C9H7BO3. The van der Waals surface area contributed by atoms with Crippen LogP contribution < -0.4 is 0 Å². The molecule has 2 aliphatic rings. The van der Waals surface area contributed by atoms with Crippen molar-refractivity contribution in [1.82, 2.24) is 0 Å². The molecule has 4 heteroatoms. The van der Waals surface area contributed by atoms with Gasteiger partial charge in [0, 0.05) is 11.5 Å². The van der Waals surface area contributed by atoms with Crippen LogP contribution in [0.3, 0.4) is 0 Å². The number of benzene rings is 1. The second kappa shape index (κ2) is 2.80. The Morgan fingerprint density at radius 3 is 2.92 bits per heavy atom. The minimum atomic E-state index is -0.783. The number of aromatic hydroxyl groups is 1. The molecule has 3 rings (SSSR count). The van der Waals surface area contributed by atoms with E-state index in [0.29, 0.717) is 0 Å². The van der Waals surface area contributed by atoms with Crippen LogP contribution in [0.15, 0.2) is 18.2 Å². The van der Waals surface area contributed by atoms with Crippen molar-refractivity contribution in [3.8, 4) is 5.75 Å². The molecule has 0 aliphatic heterocycles. The zero-order valence-corrected chi connectivity index (χ0v) is 6.86. The maximum atomic E-state index is 10.3. The highest BCUT2D eigenvalue weighted by Gasteiger charge is 2.27. The summed E-state index contributed by atoms with van der Waals surface area (Å²) in [4.78, 5) is 10.3. The summed E-state index contributed by atoms with van der Waals surface area (Å²) >= 11 is 0. The molecule has 2 aliphatic carbocycles. The lowest BCUT2D eigenvalue weighted by Gasteiger charge is -2.27. The third-order valence-electron chi connectivity index (χ3n) is 2.22. The Labute approximate surface area is 76.7 Å². The van der Waals surface area contributed by atoms with Crippen LogP contribution >= 0.6 is 0 Å². The second-order valence-corrected chi connectivity index (χ2v) is 3.00. The van der Waals surface area contributed by atoms with Gasteiger partial charge in [-0.25, -0.2) is 0 Å². The van der Waals surface area contributed by atoms with Gasteiger partial charge in [-0.2, -0.15) is 0 Å². The number of ether oxygens (including phenoxy) is 1. The molecule has 1 N–H and O–H groups in total. The first-order chi connectivity index (χ1) is 6.18. The van der Waals surface area contributed by atoms with Crippen molar-refractivity contribution in [3.63, 3.8) is 0 Å². The minimum Gasteiger partial charge on any atom is -0.508 e. The molecule has 2 bridgehead atoms. The quantitative estimate of drug-likeness (QED) is 0.683. The van der Waals surface area contributed by atoms with Gasteiger partial charge in [0.05, 0.1) is 0 Å². The van der Waals surface area contributed by atoms with Crippen LogP contribution in [0, 0.1) is 0 Å². The molecule has 13 heavy (non-hydrogen) atoms. The Kier molecular flexibility index (Phi) is 1.76. The molecule has 0 aromatic heterocycles. The van der Waals surface area contributed by atoms with Crippen molar-refractivity contribution in [2.24, 2.45) is 0 Å². The summed E-state index contributed by atoms with van der Waals surface area (Å²) in [5.41, 5.74) is 1.88. The fourth-order valence-electron chi connectivity index (χ4n) is 1.50.